The first-order chi connectivity index (χ1) is 10.8. The lowest BCUT2D eigenvalue weighted by Gasteiger charge is -2.23. The van der Waals surface area contributed by atoms with Crippen LogP contribution in [0.1, 0.15) is 37.8 Å². The van der Waals surface area contributed by atoms with Crippen molar-refractivity contribution in [3.8, 4) is 11.3 Å². The first kappa shape index (κ1) is 17.8. The SMILES string of the molecule is I.NC(=NCc1ncoc1-c1ccccc1)NC1CCCCC1. The van der Waals surface area contributed by atoms with E-state index < -0.39 is 0 Å². The summed E-state index contributed by atoms with van der Waals surface area (Å²) in [4.78, 5) is 8.66. The molecule has 1 fully saturated rings. The van der Waals surface area contributed by atoms with Crippen molar-refractivity contribution in [2.75, 3.05) is 0 Å². The lowest BCUT2D eigenvalue weighted by atomic mass is 9.96. The van der Waals surface area contributed by atoms with Crippen molar-refractivity contribution in [1.29, 1.82) is 0 Å². The van der Waals surface area contributed by atoms with E-state index in [1.807, 2.05) is 30.3 Å². The van der Waals surface area contributed by atoms with Gasteiger partial charge < -0.3 is 15.5 Å². The van der Waals surface area contributed by atoms with Gasteiger partial charge in [0.05, 0.1) is 6.54 Å². The molecular formula is C17H23IN4O. The molecule has 1 aliphatic carbocycles. The topological polar surface area (TPSA) is 76.4 Å². The Morgan fingerprint density at radius 3 is 2.70 bits per heavy atom. The second kappa shape index (κ2) is 8.90. The minimum atomic E-state index is 0. The van der Waals surface area contributed by atoms with Crippen LogP contribution in [0.4, 0.5) is 0 Å². The number of aromatic nitrogens is 1. The zero-order valence-electron chi connectivity index (χ0n) is 13.1. The fraction of sp³-hybridized carbons (Fsp3) is 0.412. The Balaban J connectivity index is 0.00000192. The van der Waals surface area contributed by atoms with Crippen LogP contribution in [0.2, 0.25) is 0 Å². The second-order valence-corrected chi connectivity index (χ2v) is 5.67. The number of hydrogen-bond donors (Lipinski definition) is 2. The van der Waals surface area contributed by atoms with E-state index in [-0.39, 0.29) is 24.0 Å². The van der Waals surface area contributed by atoms with Crippen molar-refractivity contribution < 1.29 is 4.42 Å². The van der Waals surface area contributed by atoms with Crippen molar-refractivity contribution >= 4 is 29.9 Å². The Morgan fingerprint density at radius 1 is 1.22 bits per heavy atom. The standard InChI is InChI=1S/C17H22N4O.HI/c18-17(21-14-9-5-2-6-10-14)19-11-15-16(22-12-20-15)13-7-3-1-4-8-13;/h1,3-4,7-8,12,14H,2,5-6,9-11H2,(H3,18,19,21);1H. The monoisotopic (exact) mass is 426 g/mol. The maximum Gasteiger partial charge on any atom is 0.189 e. The van der Waals surface area contributed by atoms with Gasteiger partial charge in [-0.05, 0) is 12.8 Å². The third kappa shape index (κ3) is 4.95. The predicted octanol–water partition coefficient (Wildman–Crippen LogP) is 3.70. The molecule has 3 rings (SSSR count). The van der Waals surface area contributed by atoms with Crippen LogP contribution in [-0.4, -0.2) is 17.0 Å². The van der Waals surface area contributed by atoms with Gasteiger partial charge in [-0.2, -0.15) is 0 Å². The second-order valence-electron chi connectivity index (χ2n) is 5.67. The maximum atomic E-state index is 5.99. The zero-order valence-corrected chi connectivity index (χ0v) is 15.4. The molecule has 5 nitrogen and oxygen atoms in total. The molecule has 0 amide bonds. The first-order valence-corrected chi connectivity index (χ1v) is 7.87. The number of aliphatic imine (C=N–C) groups is 1. The first-order valence-electron chi connectivity index (χ1n) is 7.87. The fourth-order valence-corrected chi connectivity index (χ4v) is 2.87. The van der Waals surface area contributed by atoms with Crippen LogP contribution < -0.4 is 11.1 Å². The number of rotatable bonds is 4. The highest BCUT2D eigenvalue weighted by molar-refractivity contribution is 14.0. The number of nitrogens with zero attached hydrogens (tertiary/aromatic N) is 2. The third-order valence-electron chi connectivity index (χ3n) is 4.03. The van der Waals surface area contributed by atoms with Crippen LogP contribution in [0.3, 0.4) is 0 Å². The van der Waals surface area contributed by atoms with Crippen LogP contribution >= 0.6 is 24.0 Å². The minimum Gasteiger partial charge on any atom is -0.443 e. The summed E-state index contributed by atoms with van der Waals surface area (Å²) < 4.78 is 5.49. The zero-order chi connectivity index (χ0) is 15.2. The molecule has 1 aromatic carbocycles. The predicted molar refractivity (Wildman–Crippen MR) is 103 cm³/mol. The summed E-state index contributed by atoms with van der Waals surface area (Å²) in [5.41, 5.74) is 7.80. The van der Waals surface area contributed by atoms with E-state index in [0.29, 0.717) is 18.5 Å². The lowest BCUT2D eigenvalue weighted by molar-refractivity contribution is 0.412. The fourth-order valence-electron chi connectivity index (χ4n) is 2.87. The van der Waals surface area contributed by atoms with E-state index in [9.17, 15) is 0 Å². The molecule has 0 spiro atoms. The molecule has 0 radical (unpaired) electrons. The van der Waals surface area contributed by atoms with Crippen molar-refractivity contribution in [3.05, 3.63) is 42.4 Å². The highest BCUT2D eigenvalue weighted by atomic mass is 127. The Labute approximate surface area is 153 Å². The number of guanidine groups is 1. The molecule has 1 aromatic heterocycles. The van der Waals surface area contributed by atoms with Crippen molar-refractivity contribution in [2.24, 2.45) is 10.7 Å². The van der Waals surface area contributed by atoms with Gasteiger partial charge in [-0.25, -0.2) is 9.98 Å². The summed E-state index contributed by atoms with van der Waals surface area (Å²) in [5.74, 6) is 1.25. The maximum absolute atomic E-state index is 5.99. The van der Waals surface area contributed by atoms with Gasteiger partial charge in [0.25, 0.3) is 0 Å². The van der Waals surface area contributed by atoms with Gasteiger partial charge in [0.1, 0.15) is 5.69 Å². The molecule has 6 heteroatoms. The summed E-state index contributed by atoms with van der Waals surface area (Å²) in [7, 11) is 0. The highest BCUT2D eigenvalue weighted by Crippen LogP contribution is 2.23. The molecule has 0 aliphatic heterocycles. The Bertz CT molecular complexity index is 621. The van der Waals surface area contributed by atoms with E-state index in [1.54, 1.807) is 0 Å². The van der Waals surface area contributed by atoms with Gasteiger partial charge >= 0.3 is 0 Å². The van der Waals surface area contributed by atoms with Crippen molar-refractivity contribution in [3.63, 3.8) is 0 Å². The smallest absolute Gasteiger partial charge is 0.189 e. The van der Waals surface area contributed by atoms with Crippen molar-refractivity contribution in [1.82, 2.24) is 10.3 Å². The van der Waals surface area contributed by atoms with E-state index >= 15 is 0 Å². The Kier molecular flexibility index (Phi) is 6.88. The van der Waals surface area contributed by atoms with Gasteiger partial charge in [-0.15, -0.1) is 24.0 Å². The van der Waals surface area contributed by atoms with Crippen LogP contribution in [0.25, 0.3) is 11.3 Å². The van der Waals surface area contributed by atoms with Gasteiger partial charge in [-0.1, -0.05) is 49.6 Å². The Hall–Kier alpha value is -1.57. The van der Waals surface area contributed by atoms with E-state index in [2.05, 4.69) is 15.3 Å². The van der Waals surface area contributed by atoms with Gasteiger partial charge in [0.15, 0.2) is 18.1 Å². The number of benzene rings is 1. The number of hydrogen-bond acceptors (Lipinski definition) is 3. The molecule has 1 heterocycles. The lowest BCUT2D eigenvalue weighted by Crippen LogP contribution is -2.41. The molecule has 2 aromatic rings. The molecule has 0 atom stereocenters. The molecule has 1 saturated carbocycles. The summed E-state index contributed by atoms with van der Waals surface area (Å²) in [6.45, 7) is 0.423. The highest BCUT2D eigenvalue weighted by Gasteiger charge is 2.14. The summed E-state index contributed by atoms with van der Waals surface area (Å²) in [6, 6.07) is 10.4. The van der Waals surface area contributed by atoms with Gasteiger partial charge in [0.2, 0.25) is 0 Å². The quantitative estimate of drug-likeness (QED) is 0.444. The summed E-state index contributed by atoms with van der Waals surface area (Å²) in [5, 5.41) is 3.31. The van der Waals surface area contributed by atoms with Crippen LogP contribution in [0.15, 0.2) is 46.1 Å². The normalized spacial score (nSPS) is 15.9. The largest absolute Gasteiger partial charge is 0.443 e. The van der Waals surface area contributed by atoms with Crippen LogP contribution in [0.5, 0.6) is 0 Å². The number of nitrogens with one attached hydrogen (secondary N) is 1. The van der Waals surface area contributed by atoms with Crippen LogP contribution in [-0.2, 0) is 6.54 Å². The summed E-state index contributed by atoms with van der Waals surface area (Å²) in [6.07, 6.45) is 7.68. The van der Waals surface area contributed by atoms with Crippen LogP contribution in [0, 0.1) is 0 Å². The molecule has 3 N–H and O–H groups in total. The van der Waals surface area contributed by atoms with Gasteiger partial charge in [-0.3, -0.25) is 0 Å². The van der Waals surface area contributed by atoms with E-state index in [4.69, 9.17) is 10.2 Å². The number of oxazole rings is 1. The molecule has 1 aliphatic rings. The van der Waals surface area contributed by atoms with E-state index in [0.717, 1.165) is 17.0 Å². The number of halogens is 1. The number of nitrogens with two attached hydrogens (primary N) is 1. The Morgan fingerprint density at radius 2 is 1.96 bits per heavy atom. The molecule has 0 saturated heterocycles. The van der Waals surface area contributed by atoms with Gasteiger partial charge in [0, 0.05) is 11.6 Å². The molecule has 0 unspecified atom stereocenters. The van der Waals surface area contributed by atoms with E-state index in [1.165, 1.54) is 38.5 Å². The summed E-state index contributed by atoms with van der Waals surface area (Å²) >= 11 is 0. The molecule has 23 heavy (non-hydrogen) atoms. The average Bonchev–Trinajstić information content (AvgIpc) is 3.03. The molecular weight excluding hydrogens is 403 g/mol. The molecule has 0 bridgehead atoms. The average molecular weight is 426 g/mol. The molecule has 124 valence electrons. The third-order valence-corrected chi connectivity index (χ3v) is 4.03. The van der Waals surface area contributed by atoms with Crippen molar-refractivity contribution in [2.45, 2.75) is 44.7 Å². The minimum absolute atomic E-state index is 0.